The summed E-state index contributed by atoms with van der Waals surface area (Å²) in [5.41, 5.74) is 8.61. The number of aromatic nitrogens is 3. The second kappa shape index (κ2) is 4.99. The van der Waals surface area contributed by atoms with Crippen LogP contribution in [0.25, 0.3) is 22.2 Å². The average molecular weight is 273 g/mol. The fraction of sp³-hybridized carbons (Fsp3) is 0.143. The van der Waals surface area contributed by atoms with Gasteiger partial charge in [0.1, 0.15) is 5.69 Å². The Morgan fingerprint density at radius 3 is 2.68 bits per heavy atom. The van der Waals surface area contributed by atoms with Gasteiger partial charge in [-0.25, -0.2) is 0 Å². The molecule has 0 bridgehead atoms. The highest BCUT2D eigenvalue weighted by Crippen LogP contribution is 2.28. The predicted molar refractivity (Wildman–Crippen MR) is 77.0 cm³/mol. The van der Waals surface area contributed by atoms with Gasteiger partial charge in [0.2, 0.25) is 0 Å². The molecule has 2 heterocycles. The molecule has 0 aliphatic rings. The van der Waals surface area contributed by atoms with E-state index < -0.39 is 0 Å². The number of nitrogens with zero attached hydrogens (tertiary/aromatic N) is 3. The maximum absolute atomic E-state index is 5.92. The molecule has 0 fully saturated rings. The van der Waals surface area contributed by atoms with Crippen molar-refractivity contribution in [3.05, 3.63) is 47.7 Å². The van der Waals surface area contributed by atoms with Crippen molar-refractivity contribution in [3.63, 3.8) is 0 Å². The van der Waals surface area contributed by atoms with E-state index >= 15 is 0 Å². The first-order valence-electron chi connectivity index (χ1n) is 6.06. The van der Waals surface area contributed by atoms with Crippen molar-refractivity contribution in [1.29, 1.82) is 0 Å². The van der Waals surface area contributed by atoms with E-state index in [2.05, 4.69) is 10.1 Å². The van der Waals surface area contributed by atoms with Crippen molar-refractivity contribution >= 4 is 22.5 Å². The summed E-state index contributed by atoms with van der Waals surface area (Å²) < 4.78 is 1.92. The van der Waals surface area contributed by atoms with Gasteiger partial charge < -0.3 is 5.73 Å². The quantitative estimate of drug-likeness (QED) is 0.798. The third kappa shape index (κ3) is 2.20. The van der Waals surface area contributed by atoms with E-state index in [1.807, 2.05) is 41.2 Å². The second-order valence-electron chi connectivity index (χ2n) is 4.26. The number of rotatable bonds is 3. The maximum atomic E-state index is 5.92. The lowest BCUT2D eigenvalue weighted by Gasteiger charge is -1.99. The van der Waals surface area contributed by atoms with Crippen molar-refractivity contribution in [1.82, 2.24) is 14.8 Å². The Balaban J connectivity index is 2.20. The molecule has 96 valence electrons. The molecule has 4 nitrogen and oxygen atoms in total. The van der Waals surface area contributed by atoms with Gasteiger partial charge in [0.25, 0.3) is 0 Å². The molecule has 0 amide bonds. The van der Waals surface area contributed by atoms with E-state index in [1.165, 1.54) is 0 Å². The number of hydrogen-bond donors (Lipinski definition) is 1. The highest BCUT2D eigenvalue weighted by molar-refractivity contribution is 6.30. The smallest absolute Gasteiger partial charge is 0.102 e. The highest BCUT2D eigenvalue weighted by Gasteiger charge is 2.11. The van der Waals surface area contributed by atoms with Gasteiger partial charge in [0.15, 0.2) is 0 Å². The van der Waals surface area contributed by atoms with Crippen LogP contribution in [0.4, 0.5) is 0 Å². The molecule has 0 radical (unpaired) electrons. The van der Waals surface area contributed by atoms with E-state index in [0.29, 0.717) is 18.1 Å². The van der Waals surface area contributed by atoms with Crippen molar-refractivity contribution in [2.24, 2.45) is 5.73 Å². The van der Waals surface area contributed by atoms with Crippen LogP contribution < -0.4 is 5.73 Å². The number of hydrogen-bond acceptors (Lipinski definition) is 3. The van der Waals surface area contributed by atoms with E-state index in [-0.39, 0.29) is 0 Å². The molecule has 0 aliphatic carbocycles. The summed E-state index contributed by atoms with van der Waals surface area (Å²) in [5, 5.41) is 6.37. The largest absolute Gasteiger partial charge is 0.329 e. The van der Waals surface area contributed by atoms with Crippen LogP contribution in [0.5, 0.6) is 0 Å². The molecule has 0 aliphatic heterocycles. The average Bonchev–Trinajstić information content (AvgIpc) is 2.80. The van der Waals surface area contributed by atoms with E-state index in [4.69, 9.17) is 17.3 Å². The summed E-state index contributed by atoms with van der Waals surface area (Å²) in [6.07, 6.45) is 3.60. The Kier molecular flexibility index (Phi) is 3.19. The minimum Gasteiger partial charge on any atom is -0.329 e. The SMILES string of the molecule is NCCn1nc(-c2ccc(Cl)cc2)c2cnccc21. The molecular weight excluding hydrogens is 260 g/mol. The second-order valence-corrected chi connectivity index (χ2v) is 4.70. The van der Waals surface area contributed by atoms with Crippen LogP contribution in [-0.2, 0) is 6.54 Å². The summed E-state index contributed by atoms with van der Waals surface area (Å²) in [6, 6.07) is 9.60. The number of benzene rings is 1. The van der Waals surface area contributed by atoms with Gasteiger partial charge in [-0.1, -0.05) is 23.7 Å². The normalized spacial score (nSPS) is 11.1. The van der Waals surface area contributed by atoms with Crippen LogP contribution in [0.1, 0.15) is 0 Å². The fourth-order valence-electron chi connectivity index (χ4n) is 2.14. The number of nitrogens with two attached hydrogens (primary N) is 1. The predicted octanol–water partition coefficient (Wildman–Crippen LogP) is 2.71. The zero-order chi connectivity index (χ0) is 13.2. The van der Waals surface area contributed by atoms with Crippen molar-refractivity contribution < 1.29 is 0 Å². The van der Waals surface area contributed by atoms with Gasteiger partial charge in [-0.15, -0.1) is 0 Å². The summed E-state index contributed by atoms with van der Waals surface area (Å²) in [4.78, 5) is 4.18. The number of halogens is 1. The Labute approximate surface area is 115 Å². The molecule has 0 saturated carbocycles. The molecule has 2 aromatic heterocycles. The van der Waals surface area contributed by atoms with Crippen LogP contribution in [0.15, 0.2) is 42.7 Å². The van der Waals surface area contributed by atoms with Crippen LogP contribution in [-0.4, -0.2) is 21.3 Å². The van der Waals surface area contributed by atoms with Crippen LogP contribution in [0.3, 0.4) is 0 Å². The summed E-state index contributed by atoms with van der Waals surface area (Å²) in [7, 11) is 0. The molecule has 0 spiro atoms. The summed E-state index contributed by atoms with van der Waals surface area (Å²) in [5.74, 6) is 0. The van der Waals surface area contributed by atoms with Crippen LogP contribution in [0, 0.1) is 0 Å². The molecule has 2 N–H and O–H groups in total. The molecule has 0 saturated heterocycles. The zero-order valence-electron chi connectivity index (χ0n) is 10.3. The molecule has 1 aromatic carbocycles. The first kappa shape index (κ1) is 12.1. The minimum absolute atomic E-state index is 0.555. The van der Waals surface area contributed by atoms with Crippen molar-refractivity contribution in [3.8, 4) is 11.3 Å². The maximum Gasteiger partial charge on any atom is 0.102 e. The zero-order valence-corrected chi connectivity index (χ0v) is 11.0. The molecule has 0 atom stereocenters. The molecular formula is C14H13ClN4. The molecule has 5 heteroatoms. The minimum atomic E-state index is 0.555. The monoisotopic (exact) mass is 272 g/mol. The number of pyridine rings is 1. The lowest BCUT2D eigenvalue weighted by molar-refractivity contribution is 0.648. The lowest BCUT2D eigenvalue weighted by Crippen LogP contribution is -2.10. The summed E-state index contributed by atoms with van der Waals surface area (Å²) >= 11 is 5.92. The first-order valence-corrected chi connectivity index (χ1v) is 6.44. The van der Waals surface area contributed by atoms with Gasteiger partial charge in [-0.05, 0) is 18.2 Å². The Bertz CT molecular complexity index is 703. The number of fused-ring (bicyclic) bond motifs is 1. The Morgan fingerprint density at radius 2 is 1.95 bits per heavy atom. The van der Waals surface area contributed by atoms with Crippen LogP contribution in [0.2, 0.25) is 5.02 Å². The Morgan fingerprint density at radius 1 is 1.16 bits per heavy atom. The molecule has 0 unspecified atom stereocenters. The van der Waals surface area contributed by atoms with Gasteiger partial charge in [0, 0.05) is 34.9 Å². The van der Waals surface area contributed by atoms with Crippen LogP contribution >= 0.6 is 11.6 Å². The lowest BCUT2D eigenvalue weighted by atomic mass is 10.1. The van der Waals surface area contributed by atoms with E-state index in [9.17, 15) is 0 Å². The van der Waals surface area contributed by atoms with Gasteiger partial charge in [-0.3, -0.25) is 9.67 Å². The standard InChI is InChI=1S/C14H13ClN4/c15-11-3-1-10(2-4-11)14-12-9-17-7-5-13(12)19(18-14)8-6-16/h1-5,7,9H,6,8,16H2. The first-order chi connectivity index (χ1) is 9.29. The van der Waals surface area contributed by atoms with Gasteiger partial charge >= 0.3 is 0 Å². The van der Waals surface area contributed by atoms with Crippen molar-refractivity contribution in [2.75, 3.05) is 6.54 Å². The van der Waals surface area contributed by atoms with E-state index in [1.54, 1.807) is 6.20 Å². The Hall–Kier alpha value is -1.91. The van der Waals surface area contributed by atoms with Gasteiger partial charge in [0.05, 0.1) is 12.1 Å². The van der Waals surface area contributed by atoms with Gasteiger partial charge in [-0.2, -0.15) is 5.10 Å². The topological polar surface area (TPSA) is 56.7 Å². The van der Waals surface area contributed by atoms with E-state index in [0.717, 1.165) is 22.2 Å². The third-order valence-corrected chi connectivity index (χ3v) is 3.26. The van der Waals surface area contributed by atoms with Crippen molar-refractivity contribution in [2.45, 2.75) is 6.54 Å². The molecule has 19 heavy (non-hydrogen) atoms. The summed E-state index contributed by atoms with van der Waals surface area (Å²) in [6.45, 7) is 1.24. The third-order valence-electron chi connectivity index (χ3n) is 3.01. The molecule has 3 aromatic rings. The molecule has 3 rings (SSSR count). The fourth-order valence-corrected chi connectivity index (χ4v) is 2.26. The highest BCUT2D eigenvalue weighted by atomic mass is 35.5.